The van der Waals surface area contributed by atoms with E-state index in [4.69, 9.17) is 32.7 Å². The van der Waals surface area contributed by atoms with Gasteiger partial charge in [0.05, 0.1) is 17.2 Å². The molecule has 0 aliphatic carbocycles. The molecule has 0 bridgehead atoms. The molecule has 0 fully saturated rings. The quantitative estimate of drug-likeness (QED) is 0.203. The van der Waals surface area contributed by atoms with Crippen LogP contribution < -0.4 is 14.8 Å². The molecular formula is C29H22Cl2N2O3. The van der Waals surface area contributed by atoms with E-state index in [9.17, 15) is 10.1 Å². The Hall–Kier alpha value is -3.98. The van der Waals surface area contributed by atoms with Crippen LogP contribution in [-0.2, 0) is 17.9 Å². The number of nitriles is 1. The number of amides is 1. The van der Waals surface area contributed by atoms with Crippen LogP contribution in [0.2, 0.25) is 10.0 Å². The number of hydrogen-bond acceptors (Lipinski definition) is 4. The van der Waals surface area contributed by atoms with Crippen LogP contribution in [-0.4, -0.2) is 13.0 Å². The van der Waals surface area contributed by atoms with E-state index in [1.54, 1.807) is 31.4 Å². The summed E-state index contributed by atoms with van der Waals surface area (Å²) in [6, 6.07) is 26.6. The Morgan fingerprint density at radius 3 is 2.28 bits per heavy atom. The van der Waals surface area contributed by atoms with Crippen molar-refractivity contribution in [1.29, 1.82) is 5.26 Å². The largest absolute Gasteiger partial charge is 0.497 e. The smallest absolute Gasteiger partial charge is 0.262 e. The molecular weight excluding hydrogens is 495 g/mol. The standard InChI is InChI=1S/C29H22Cl2N2O3/c1-35-25-10-7-19(8-11-25)17-33-29(34)24(16-32)13-21-14-26(30)28(27(31)15-21)36-18-20-6-9-22-4-2-3-5-23(22)12-20/h2-15H,17-18H2,1H3,(H,33,34)/b24-13-. The average molecular weight is 517 g/mol. The van der Waals surface area contributed by atoms with Crippen molar-refractivity contribution in [2.45, 2.75) is 13.2 Å². The fourth-order valence-corrected chi connectivity index (χ4v) is 4.23. The van der Waals surface area contributed by atoms with E-state index in [1.165, 1.54) is 6.08 Å². The Labute approximate surface area is 219 Å². The molecule has 0 saturated carbocycles. The molecule has 1 amide bonds. The predicted molar refractivity (Wildman–Crippen MR) is 143 cm³/mol. The third kappa shape index (κ3) is 6.17. The van der Waals surface area contributed by atoms with Crippen molar-refractivity contribution < 1.29 is 14.3 Å². The van der Waals surface area contributed by atoms with Gasteiger partial charge in [-0.15, -0.1) is 0 Å². The van der Waals surface area contributed by atoms with Gasteiger partial charge in [-0.25, -0.2) is 0 Å². The van der Waals surface area contributed by atoms with Crippen LogP contribution >= 0.6 is 23.2 Å². The summed E-state index contributed by atoms with van der Waals surface area (Å²) >= 11 is 12.9. The van der Waals surface area contributed by atoms with Crippen molar-refractivity contribution in [1.82, 2.24) is 5.32 Å². The van der Waals surface area contributed by atoms with Crippen LogP contribution in [0.3, 0.4) is 0 Å². The van der Waals surface area contributed by atoms with Gasteiger partial charge >= 0.3 is 0 Å². The lowest BCUT2D eigenvalue weighted by Crippen LogP contribution is -2.23. The summed E-state index contributed by atoms with van der Waals surface area (Å²) in [6.45, 7) is 0.557. The van der Waals surface area contributed by atoms with Crippen LogP contribution in [0.5, 0.6) is 11.5 Å². The summed E-state index contributed by atoms with van der Waals surface area (Å²) in [6.07, 6.45) is 1.44. The number of nitrogens with zero attached hydrogens (tertiary/aromatic N) is 1. The molecule has 0 unspecified atom stereocenters. The molecule has 0 heterocycles. The lowest BCUT2D eigenvalue weighted by atomic mass is 10.1. The Morgan fingerprint density at radius 2 is 1.61 bits per heavy atom. The molecule has 5 nitrogen and oxygen atoms in total. The van der Waals surface area contributed by atoms with Gasteiger partial charge in [0.1, 0.15) is 24.0 Å². The number of benzene rings is 4. The first-order chi connectivity index (χ1) is 17.5. The maximum Gasteiger partial charge on any atom is 0.262 e. The number of hydrogen-bond donors (Lipinski definition) is 1. The van der Waals surface area contributed by atoms with Gasteiger partial charge in [0.15, 0.2) is 5.75 Å². The number of ether oxygens (including phenoxy) is 2. The van der Waals surface area contributed by atoms with Crippen LogP contribution in [0.4, 0.5) is 0 Å². The molecule has 7 heteroatoms. The zero-order chi connectivity index (χ0) is 25.5. The summed E-state index contributed by atoms with van der Waals surface area (Å²) in [4.78, 5) is 12.5. The first kappa shape index (κ1) is 25.1. The van der Waals surface area contributed by atoms with E-state index < -0.39 is 5.91 Å². The van der Waals surface area contributed by atoms with Crippen LogP contribution in [0.15, 0.2) is 84.4 Å². The fraction of sp³-hybridized carbons (Fsp3) is 0.103. The monoisotopic (exact) mass is 516 g/mol. The van der Waals surface area contributed by atoms with E-state index in [2.05, 4.69) is 17.4 Å². The third-order valence-corrected chi connectivity index (χ3v) is 6.07. The van der Waals surface area contributed by atoms with E-state index >= 15 is 0 Å². The SMILES string of the molecule is COc1ccc(CNC(=O)/C(C#N)=C\c2cc(Cl)c(OCc3ccc4ccccc4c3)c(Cl)c2)cc1. The van der Waals surface area contributed by atoms with E-state index in [1.807, 2.05) is 48.5 Å². The molecule has 0 radical (unpaired) electrons. The number of carbonyl (C=O) groups excluding carboxylic acids is 1. The van der Waals surface area contributed by atoms with Crippen molar-refractivity contribution in [3.63, 3.8) is 0 Å². The second kappa shape index (κ2) is 11.6. The van der Waals surface area contributed by atoms with Crippen LogP contribution in [0.25, 0.3) is 16.8 Å². The van der Waals surface area contributed by atoms with Gasteiger partial charge in [-0.1, -0.05) is 71.7 Å². The molecule has 0 aliphatic heterocycles. The van der Waals surface area contributed by atoms with Crippen molar-refractivity contribution in [3.8, 4) is 17.6 Å². The number of halogens is 2. The van der Waals surface area contributed by atoms with Gasteiger partial charge < -0.3 is 14.8 Å². The fourth-order valence-electron chi connectivity index (χ4n) is 3.62. The molecule has 1 N–H and O–H groups in total. The number of fused-ring (bicyclic) bond motifs is 1. The number of nitrogens with one attached hydrogen (secondary N) is 1. The van der Waals surface area contributed by atoms with Crippen molar-refractivity contribution in [2.24, 2.45) is 0 Å². The maximum absolute atomic E-state index is 12.5. The van der Waals surface area contributed by atoms with Gasteiger partial charge in [-0.3, -0.25) is 4.79 Å². The zero-order valence-corrected chi connectivity index (χ0v) is 20.9. The number of rotatable bonds is 8. The van der Waals surface area contributed by atoms with Crippen molar-refractivity contribution in [3.05, 3.63) is 111 Å². The van der Waals surface area contributed by atoms with Gasteiger partial charge in [-0.05, 0) is 63.9 Å². The number of methoxy groups -OCH3 is 1. The highest BCUT2D eigenvalue weighted by atomic mass is 35.5. The van der Waals surface area contributed by atoms with Crippen molar-refractivity contribution in [2.75, 3.05) is 7.11 Å². The van der Waals surface area contributed by atoms with Gasteiger partial charge in [0.2, 0.25) is 0 Å². The summed E-state index contributed by atoms with van der Waals surface area (Å²) in [5.74, 6) is 0.560. The lowest BCUT2D eigenvalue weighted by molar-refractivity contribution is -0.117. The molecule has 0 aromatic heterocycles. The van der Waals surface area contributed by atoms with Gasteiger partial charge in [0.25, 0.3) is 5.91 Å². The molecule has 4 aromatic carbocycles. The summed E-state index contributed by atoms with van der Waals surface area (Å²) in [7, 11) is 1.59. The topological polar surface area (TPSA) is 71.3 Å². The molecule has 0 aliphatic rings. The minimum atomic E-state index is -0.503. The van der Waals surface area contributed by atoms with Gasteiger partial charge in [0, 0.05) is 6.54 Å². The predicted octanol–water partition coefficient (Wildman–Crippen LogP) is 6.96. The second-order valence-corrected chi connectivity index (χ2v) is 8.80. The summed E-state index contributed by atoms with van der Waals surface area (Å²) < 4.78 is 11.0. The molecule has 0 atom stereocenters. The second-order valence-electron chi connectivity index (χ2n) is 7.98. The van der Waals surface area contributed by atoms with Crippen LogP contribution in [0.1, 0.15) is 16.7 Å². The molecule has 36 heavy (non-hydrogen) atoms. The van der Waals surface area contributed by atoms with E-state index in [-0.39, 0.29) is 28.8 Å². The van der Waals surface area contributed by atoms with E-state index in [0.29, 0.717) is 11.3 Å². The molecule has 0 saturated heterocycles. The first-order valence-corrected chi connectivity index (χ1v) is 11.8. The Bertz CT molecular complexity index is 1450. The van der Waals surface area contributed by atoms with Crippen LogP contribution in [0, 0.1) is 11.3 Å². The third-order valence-electron chi connectivity index (χ3n) is 5.51. The Kier molecular flexibility index (Phi) is 8.12. The highest BCUT2D eigenvalue weighted by Gasteiger charge is 2.13. The Morgan fingerprint density at radius 1 is 0.944 bits per heavy atom. The summed E-state index contributed by atoms with van der Waals surface area (Å²) in [5, 5.41) is 15.1. The highest BCUT2D eigenvalue weighted by molar-refractivity contribution is 6.37. The Balaban J connectivity index is 1.44. The molecule has 4 aromatic rings. The minimum absolute atomic E-state index is 0.0690. The molecule has 4 rings (SSSR count). The molecule has 180 valence electrons. The first-order valence-electron chi connectivity index (χ1n) is 11.1. The average Bonchev–Trinajstić information content (AvgIpc) is 2.90. The van der Waals surface area contributed by atoms with Gasteiger partial charge in [-0.2, -0.15) is 5.26 Å². The zero-order valence-electron chi connectivity index (χ0n) is 19.4. The lowest BCUT2D eigenvalue weighted by Gasteiger charge is -2.12. The maximum atomic E-state index is 12.5. The highest BCUT2D eigenvalue weighted by Crippen LogP contribution is 2.35. The number of carbonyl (C=O) groups is 1. The van der Waals surface area contributed by atoms with Crippen molar-refractivity contribution >= 4 is 46.0 Å². The summed E-state index contributed by atoms with van der Waals surface area (Å²) in [5.41, 5.74) is 2.30. The minimum Gasteiger partial charge on any atom is -0.497 e. The molecule has 0 spiro atoms. The normalized spacial score (nSPS) is 11.1. The van der Waals surface area contributed by atoms with E-state index in [0.717, 1.165) is 27.6 Å².